The Labute approximate surface area is 228 Å². The molecule has 0 aliphatic heterocycles. The molecule has 0 fully saturated rings. The number of carbonyl (C=O) groups is 2. The van der Waals surface area contributed by atoms with E-state index < -0.39 is 12.1 Å². The van der Waals surface area contributed by atoms with Crippen molar-refractivity contribution in [2.24, 2.45) is 0 Å². The number of nitrogens with zero attached hydrogens (tertiary/aromatic N) is 1. The Bertz CT molecular complexity index is 1190. The number of nitrogens with one attached hydrogen (secondary N) is 1. The molecule has 0 spiro atoms. The molecule has 3 aromatic rings. The van der Waals surface area contributed by atoms with E-state index in [-0.39, 0.29) is 24.9 Å². The minimum Gasteiger partial charge on any atom is -0.494 e. The number of carboxylic acids is 1. The second-order valence-electron chi connectivity index (χ2n) is 8.92. The second kappa shape index (κ2) is 15.3. The maximum atomic E-state index is 13.1. The van der Waals surface area contributed by atoms with Crippen LogP contribution >= 0.6 is 0 Å². The topological polar surface area (TPSA) is 97.3 Å². The van der Waals surface area contributed by atoms with Gasteiger partial charge in [-0.1, -0.05) is 24.3 Å². The SMILES string of the molecule is CCOC(Cc1ccc(OCCN(CCCOc2ccc(F)cc2)C(=O)Nc2cccc(C)c2)cc1)C(=O)O. The zero-order valence-corrected chi connectivity index (χ0v) is 22.3. The van der Waals surface area contributed by atoms with Crippen LogP contribution < -0.4 is 14.8 Å². The first-order chi connectivity index (χ1) is 18.8. The molecule has 208 valence electrons. The molecular formula is C30H35FN2O6. The molecule has 3 aromatic carbocycles. The highest BCUT2D eigenvalue weighted by Gasteiger charge is 2.18. The molecule has 0 bridgehead atoms. The zero-order valence-electron chi connectivity index (χ0n) is 22.3. The van der Waals surface area contributed by atoms with Crippen LogP contribution in [0.5, 0.6) is 11.5 Å². The number of carboxylic acid groups (broad SMARTS) is 1. The standard InChI is InChI=1S/C30H35FN2O6/c1-3-37-28(29(34)35)21-23-8-12-26(13-9-23)39-19-17-33(30(36)32-25-7-4-6-22(2)20-25)16-5-18-38-27-14-10-24(31)11-15-27/h4,6-15,20,28H,3,5,16-19,21H2,1-2H3,(H,32,36)(H,34,35). The number of benzene rings is 3. The fraction of sp³-hybridized carbons (Fsp3) is 0.333. The minimum absolute atomic E-state index is 0.253. The lowest BCUT2D eigenvalue weighted by molar-refractivity contribution is -0.149. The van der Waals surface area contributed by atoms with E-state index in [1.165, 1.54) is 12.1 Å². The third-order valence-corrected chi connectivity index (χ3v) is 5.83. The van der Waals surface area contributed by atoms with E-state index in [4.69, 9.17) is 14.2 Å². The van der Waals surface area contributed by atoms with Crippen LogP contribution in [0.15, 0.2) is 72.8 Å². The van der Waals surface area contributed by atoms with Crippen LogP contribution in [0.2, 0.25) is 0 Å². The van der Waals surface area contributed by atoms with Crippen LogP contribution in [0.25, 0.3) is 0 Å². The van der Waals surface area contributed by atoms with Crippen molar-refractivity contribution in [2.75, 3.05) is 38.2 Å². The molecule has 0 aliphatic carbocycles. The van der Waals surface area contributed by atoms with Crippen molar-refractivity contribution in [3.63, 3.8) is 0 Å². The maximum absolute atomic E-state index is 13.1. The summed E-state index contributed by atoms with van der Waals surface area (Å²) in [6, 6.07) is 20.3. The van der Waals surface area contributed by atoms with E-state index in [0.717, 1.165) is 11.1 Å². The van der Waals surface area contributed by atoms with Gasteiger partial charge in [0.15, 0.2) is 6.10 Å². The Morgan fingerprint density at radius 3 is 2.26 bits per heavy atom. The number of ether oxygens (including phenoxy) is 3. The van der Waals surface area contributed by atoms with Crippen molar-refractivity contribution in [3.8, 4) is 11.5 Å². The van der Waals surface area contributed by atoms with Crippen LogP contribution in [0, 0.1) is 12.7 Å². The number of carbonyl (C=O) groups excluding carboxylic acids is 1. The molecule has 0 heterocycles. The Morgan fingerprint density at radius 1 is 0.949 bits per heavy atom. The highest BCUT2D eigenvalue weighted by Crippen LogP contribution is 2.16. The molecule has 39 heavy (non-hydrogen) atoms. The summed E-state index contributed by atoms with van der Waals surface area (Å²) in [6.45, 7) is 5.42. The molecular weight excluding hydrogens is 503 g/mol. The lowest BCUT2D eigenvalue weighted by Gasteiger charge is -2.23. The predicted octanol–water partition coefficient (Wildman–Crippen LogP) is 5.55. The third-order valence-electron chi connectivity index (χ3n) is 5.83. The molecule has 9 heteroatoms. The van der Waals surface area contributed by atoms with Crippen molar-refractivity contribution >= 4 is 17.7 Å². The van der Waals surface area contributed by atoms with E-state index in [1.54, 1.807) is 48.2 Å². The summed E-state index contributed by atoms with van der Waals surface area (Å²) in [4.78, 5) is 26.0. The fourth-order valence-electron chi connectivity index (χ4n) is 3.84. The first-order valence-corrected chi connectivity index (χ1v) is 12.9. The van der Waals surface area contributed by atoms with Crippen molar-refractivity contribution in [2.45, 2.75) is 32.8 Å². The molecule has 1 unspecified atom stereocenters. The number of halogens is 1. The first-order valence-electron chi connectivity index (χ1n) is 12.9. The van der Waals surface area contributed by atoms with Crippen LogP contribution in [0.4, 0.5) is 14.9 Å². The minimum atomic E-state index is -0.996. The lowest BCUT2D eigenvalue weighted by Crippen LogP contribution is -2.39. The van der Waals surface area contributed by atoms with Crippen molar-refractivity contribution < 1.29 is 33.3 Å². The van der Waals surface area contributed by atoms with Gasteiger partial charge >= 0.3 is 12.0 Å². The largest absolute Gasteiger partial charge is 0.494 e. The van der Waals surface area contributed by atoms with Crippen LogP contribution in [0.3, 0.4) is 0 Å². The zero-order chi connectivity index (χ0) is 28.0. The maximum Gasteiger partial charge on any atom is 0.333 e. The molecule has 0 radical (unpaired) electrons. The van der Waals surface area contributed by atoms with Gasteiger partial charge in [0.2, 0.25) is 0 Å². The number of urea groups is 1. The highest BCUT2D eigenvalue weighted by molar-refractivity contribution is 5.89. The number of hydrogen-bond acceptors (Lipinski definition) is 5. The molecule has 2 N–H and O–H groups in total. The fourth-order valence-corrected chi connectivity index (χ4v) is 3.84. The summed E-state index contributed by atoms with van der Waals surface area (Å²) in [5.41, 5.74) is 2.56. The summed E-state index contributed by atoms with van der Waals surface area (Å²) in [5.74, 6) is -0.147. The number of aliphatic carboxylic acids is 1. The predicted molar refractivity (Wildman–Crippen MR) is 147 cm³/mol. The molecule has 0 saturated heterocycles. The van der Waals surface area contributed by atoms with Gasteiger partial charge in [0.1, 0.15) is 23.9 Å². The summed E-state index contributed by atoms with van der Waals surface area (Å²) in [5, 5.41) is 12.2. The number of rotatable bonds is 15. The molecule has 0 saturated carbocycles. The van der Waals surface area contributed by atoms with Gasteiger partial charge in [-0.05, 0) is 79.9 Å². The van der Waals surface area contributed by atoms with Crippen molar-refractivity contribution in [3.05, 3.63) is 89.7 Å². The highest BCUT2D eigenvalue weighted by atomic mass is 19.1. The number of aryl methyl sites for hydroxylation is 1. The van der Waals surface area contributed by atoms with Crippen molar-refractivity contribution in [1.29, 1.82) is 0 Å². The van der Waals surface area contributed by atoms with Gasteiger partial charge in [0.05, 0.1) is 13.2 Å². The quantitative estimate of drug-likeness (QED) is 0.246. The summed E-state index contributed by atoms with van der Waals surface area (Å²) in [6.07, 6.45) is -0.0666. The van der Waals surface area contributed by atoms with Gasteiger partial charge < -0.3 is 29.5 Å². The third kappa shape index (κ3) is 10.3. The van der Waals surface area contributed by atoms with Crippen molar-refractivity contribution in [1.82, 2.24) is 4.90 Å². The molecule has 1 atom stereocenters. The average Bonchev–Trinajstić information content (AvgIpc) is 2.91. The normalized spacial score (nSPS) is 11.5. The Morgan fingerprint density at radius 2 is 1.62 bits per heavy atom. The Hall–Kier alpha value is -4.11. The number of amides is 2. The van der Waals surface area contributed by atoms with Gasteiger partial charge in [0, 0.05) is 25.3 Å². The van der Waals surface area contributed by atoms with Gasteiger partial charge in [0.25, 0.3) is 0 Å². The molecule has 0 aliphatic rings. The summed E-state index contributed by atoms with van der Waals surface area (Å²) < 4.78 is 29.9. The van der Waals surface area contributed by atoms with Gasteiger partial charge in [-0.25, -0.2) is 14.0 Å². The Balaban J connectivity index is 1.54. The van der Waals surface area contributed by atoms with Gasteiger partial charge in [-0.2, -0.15) is 0 Å². The molecule has 3 rings (SSSR count). The molecule has 8 nitrogen and oxygen atoms in total. The van der Waals surface area contributed by atoms with Crippen LogP contribution in [-0.4, -0.2) is 61.0 Å². The number of hydrogen-bond donors (Lipinski definition) is 2. The summed E-state index contributed by atoms with van der Waals surface area (Å²) in [7, 11) is 0. The Kier molecular flexibility index (Phi) is 11.6. The van der Waals surface area contributed by atoms with Gasteiger partial charge in [-0.15, -0.1) is 0 Å². The molecule has 2 amide bonds. The summed E-state index contributed by atoms with van der Waals surface area (Å²) >= 11 is 0. The van der Waals surface area contributed by atoms with Crippen LogP contribution in [-0.2, 0) is 16.0 Å². The van der Waals surface area contributed by atoms with Crippen LogP contribution in [0.1, 0.15) is 24.5 Å². The number of anilines is 1. The smallest absolute Gasteiger partial charge is 0.333 e. The monoisotopic (exact) mass is 538 g/mol. The van der Waals surface area contributed by atoms with Gasteiger partial charge in [-0.3, -0.25) is 0 Å². The lowest BCUT2D eigenvalue weighted by atomic mass is 10.1. The first kappa shape index (κ1) is 29.4. The second-order valence-corrected chi connectivity index (χ2v) is 8.92. The van der Waals surface area contributed by atoms with E-state index in [9.17, 15) is 19.1 Å². The average molecular weight is 539 g/mol. The van der Waals surface area contributed by atoms with E-state index in [2.05, 4.69) is 5.32 Å². The van der Waals surface area contributed by atoms with E-state index in [1.807, 2.05) is 31.2 Å². The van der Waals surface area contributed by atoms with E-state index in [0.29, 0.717) is 49.9 Å². The van der Waals surface area contributed by atoms with E-state index >= 15 is 0 Å². The molecule has 0 aromatic heterocycles.